The molecule has 0 saturated carbocycles. The Kier molecular flexibility index (Phi) is 5.47. The molecule has 0 spiro atoms. The van der Waals surface area contributed by atoms with Crippen LogP contribution in [-0.4, -0.2) is 37.0 Å². The number of hydrogen-bond acceptors (Lipinski definition) is 3. The van der Waals surface area contributed by atoms with Gasteiger partial charge in [0.25, 0.3) is 0 Å². The molecular formula is C14H21FN2O3S. The number of rotatable bonds is 5. The fourth-order valence-corrected chi connectivity index (χ4v) is 3.38. The van der Waals surface area contributed by atoms with Gasteiger partial charge in [0.05, 0.1) is 6.26 Å². The predicted octanol–water partition coefficient (Wildman–Crippen LogP) is 2.21. The molecule has 1 rings (SSSR count). The maximum absolute atomic E-state index is 12.8. The zero-order valence-corrected chi connectivity index (χ0v) is 13.5. The number of carbonyl (C=O) groups is 1. The van der Waals surface area contributed by atoms with Gasteiger partial charge in [-0.05, 0) is 45.0 Å². The van der Waals surface area contributed by atoms with E-state index in [1.807, 2.05) is 0 Å². The van der Waals surface area contributed by atoms with E-state index in [2.05, 4.69) is 5.32 Å². The smallest absolute Gasteiger partial charge is 0.225 e. The number of hydrogen-bond donors (Lipinski definition) is 1. The second kappa shape index (κ2) is 6.53. The van der Waals surface area contributed by atoms with Gasteiger partial charge < -0.3 is 5.32 Å². The lowest BCUT2D eigenvalue weighted by molar-refractivity contribution is -0.116. The summed E-state index contributed by atoms with van der Waals surface area (Å²) in [6.07, 6.45) is 1.15. The second-order valence-corrected chi connectivity index (χ2v) is 7.72. The maximum Gasteiger partial charge on any atom is 0.225 e. The second-order valence-electron chi connectivity index (χ2n) is 5.81. The first-order valence-electron chi connectivity index (χ1n) is 6.53. The zero-order valence-electron chi connectivity index (χ0n) is 12.7. The van der Waals surface area contributed by atoms with Crippen molar-refractivity contribution >= 4 is 21.6 Å². The fourth-order valence-electron chi connectivity index (χ4n) is 1.96. The van der Waals surface area contributed by atoms with Crippen molar-refractivity contribution in [2.75, 3.05) is 18.1 Å². The number of nitrogens with zero attached hydrogens (tertiary/aromatic N) is 1. The Hall–Kier alpha value is -1.47. The van der Waals surface area contributed by atoms with E-state index in [-0.39, 0.29) is 24.7 Å². The molecule has 0 unspecified atom stereocenters. The molecule has 1 aromatic carbocycles. The van der Waals surface area contributed by atoms with Crippen LogP contribution in [0.25, 0.3) is 0 Å². The van der Waals surface area contributed by atoms with Gasteiger partial charge in [-0.25, -0.2) is 12.8 Å². The standard InChI is InChI=1S/C14H21FN2O3S/c1-14(2,3)17(21(4,19)20)10-9-13(18)16-12-7-5-11(15)6-8-12/h5-8H,9-10H2,1-4H3,(H,16,18). The molecule has 1 aromatic rings. The van der Waals surface area contributed by atoms with Crippen LogP contribution in [0.3, 0.4) is 0 Å². The molecule has 0 aliphatic heterocycles. The third-order valence-electron chi connectivity index (χ3n) is 2.82. The molecule has 21 heavy (non-hydrogen) atoms. The molecular weight excluding hydrogens is 295 g/mol. The summed E-state index contributed by atoms with van der Waals surface area (Å²) in [5, 5.41) is 2.60. The van der Waals surface area contributed by atoms with E-state index < -0.39 is 15.6 Å². The number of sulfonamides is 1. The number of benzene rings is 1. The van der Waals surface area contributed by atoms with Crippen LogP contribution in [0, 0.1) is 5.82 Å². The highest BCUT2D eigenvalue weighted by atomic mass is 32.2. The van der Waals surface area contributed by atoms with E-state index in [0.717, 1.165) is 6.26 Å². The van der Waals surface area contributed by atoms with Gasteiger partial charge in [0, 0.05) is 24.2 Å². The van der Waals surface area contributed by atoms with Gasteiger partial charge in [-0.2, -0.15) is 4.31 Å². The van der Waals surface area contributed by atoms with E-state index in [4.69, 9.17) is 0 Å². The summed E-state index contributed by atoms with van der Waals surface area (Å²) in [4.78, 5) is 11.8. The minimum absolute atomic E-state index is 0.0295. The Morgan fingerprint density at radius 1 is 1.24 bits per heavy atom. The van der Waals surface area contributed by atoms with Gasteiger partial charge in [-0.1, -0.05) is 0 Å². The quantitative estimate of drug-likeness (QED) is 0.906. The summed E-state index contributed by atoms with van der Waals surface area (Å²) < 4.78 is 37.5. The van der Waals surface area contributed by atoms with Gasteiger partial charge in [0.2, 0.25) is 15.9 Å². The summed E-state index contributed by atoms with van der Waals surface area (Å²) in [6.45, 7) is 5.40. The number of halogens is 1. The van der Waals surface area contributed by atoms with E-state index in [1.165, 1.54) is 28.6 Å². The molecule has 0 aliphatic rings. The van der Waals surface area contributed by atoms with Crippen molar-refractivity contribution in [3.63, 3.8) is 0 Å². The maximum atomic E-state index is 12.8. The molecule has 0 heterocycles. The average Bonchev–Trinajstić information content (AvgIpc) is 2.28. The van der Waals surface area contributed by atoms with Crippen LogP contribution in [0.4, 0.5) is 10.1 Å². The molecule has 0 aromatic heterocycles. The van der Waals surface area contributed by atoms with Gasteiger partial charge >= 0.3 is 0 Å². The minimum atomic E-state index is -3.39. The predicted molar refractivity (Wildman–Crippen MR) is 80.9 cm³/mol. The van der Waals surface area contributed by atoms with E-state index in [1.54, 1.807) is 20.8 Å². The molecule has 0 fully saturated rings. The van der Waals surface area contributed by atoms with Crippen LogP contribution in [0.2, 0.25) is 0 Å². The van der Waals surface area contributed by atoms with Crippen LogP contribution in [0.1, 0.15) is 27.2 Å². The summed E-state index contributed by atoms with van der Waals surface area (Å²) in [7, 11) is -3.39. The van der Waals surface area contributed by atoms with E-state index in [9.17, 15) is 17.6 Å². The molecule has 0 radical (unpaired) electrons. The van der Waals surface area contributed by atoms with E-state index >= 15 is 0 Å². The first-order valence-corrected chi connectivity index (χ1v) is 8.38. The van der Waals surface area contributed by atoms with Crippen LogP contribution >= 0.6 is 0 Å². The largest absolute Gasteiger partial charge is 0.326 e. The summed E-state index contributed by atoms with van der Waals surface area (Å²) in [5.41, 5.74) is -0.118. The number of nitrogens with one attached hydrogen (secondary N) is 1. The monoisotopic (exact) mass is 316 g/mol. The highest BCUT2D eigenvalue weighted by Gasteiger charge is 2.29. The van der Waals surface area contributed by atoms with Crippen molar-refractivity contribution < 1.29 is 17.6 Å². The van der Waals surface area contributed by atoms with Crippen LogP contribution < -0.4 is 5.32 Å². The van der Waals surface area contributed by atoms with Crippen molar-refractivity contribution in [3.05, 3.63) is 30.1 Å². The van der Waals surface area contributed by atoms with Crippen molar-refractivity contribution in [2.45, 2.75) is 32.7 Å². The third-order valence-corrected chi connectivity index (χ3v) is 4.35. The fraction of sp³-hybridized carbons (Fsp3) is 0.500. The summed E-state index contributed by atoms with van der Waals surface area (Å²) >= 11 is 0. The van der Waals surface area contributed by atoms with Crippen molar-refractivity contribution in [2.24, 2.45) is 0 Å². The molecule has 0 saturated heterocycles. The number of carbonyl (C=O) groups excluding carboxylic acids is 1. The van der Waals surface area contributed by atoms with Crippen LogP contribution in [0.5, 0.6) is 0 Å². The first-order chi connectivity index (χ1) is 9.50. The van der Waals surface area contributed by atoms with Gasteiger partial charge in [-0.3, -0.25) is 4.79 Å². The van der Waals surface area contributed by atoms with Crippen molar-refractivity contribution in [1.29, 1.82) is 0 Å². The van der Waals surface area contributed by atoms with Gasteiger partial charge in [0.1, 0.15) is 5.82 Å². The minimum Gasteiger partial charge on any atom is -0.326 e. The third kappa shape index (κ3) is 5.81. The zero-order chi connectivity index (χ0) is 16.3. The average molecular weight is 316 g/mol. The summed E-state index contributed by atoms with van der Waals surface area (Å²) in [5.74, 6) is -0.705. The normalized spacial score (nSPS) is 12.5. The molecule has 5 nitrogen and oxygen atoms in total. The Balaban J connectivity index is 2.64. The van der Waals surface area contributed by atoms with Crippen molar-refractivity contribution in [3.8, 4) is 0 Å². The Morgan fingerprint density at radius 3 is 2.19 bits per heavy atom. The molecule has 7 heteroatoms. The molecule has 1 N–H and O–H groups in total. The lowest BCUT2D eigenvalue weighted by atomic mass is 10.1. The molecule has 118 valence electrons. The highest BCUT2D eigenvalue weighted by molar-refractivity contribution is 7.88. The Bertz CT molecular complexity index is 592. The molecule has 0 bridgehead atoms. The van der Waals surface area contributed by atoms with Crippen LogP contribution in [-0.2, 0) is 14.8 Å². The topological polar surface area (TPSA) is 66.5 Å². The molecule has 1 amide bonds. The highest BCUT2D eigenvalue weighted by Crippen LogP contribution is 2.18. The molecule has 0 atom stereocenters. The number of amides is 1. The number of anilines is 1. The summed E-state index contributed by atoms with van der Waals surface area (Å²) in [6, 6.07) is 5.39. The van der Waals surface area contributed by atoms with Crippen LogP contribution in [0.15, 0.2) is 24.3 Å². The van der Waals surface area contributed by atoms with E-state index in [0.29, 0.717) is 5.69 Å². The van der Waals surface area contributed by atoms with Gasteiger partial charge in [-0.15, -0.1) is 0 Å². The lowest BCUT2D eigenvalue weighted by Crippen LogP contribution is -2.46. The Labute approximate surface area is 125 Å². The lowest BCUT2D eigenvalue weighted by Gasteiger charge is -2.33. The van der Waals surface area contributed by atoms with Gasteiger partial charge in [0.15, 0.2) is 0 Å². The SMILES string of the molecule is CC(C)(C)N(CCC(=O)Nc1ccc(F)cc1)S(C)(=O)=O. The first kappa shape index (κ1) is 17.6. The Morgan fingerprint density at radius 2 is 1.76 bits per heavy atom. The molecule has 0 aliphatic carbocycles. The van der Waals surface area contributed by atoms with Crippen molar-refractivity contribution in [1.82, 2.24) is 4.31 Å².